The lowest BCUT2D eigenvalue weighted by Gasteiger charge is -2.12. The molecule has 1 aliphatic heterocycles. The molecule has 0 aliphatic carbocycles. The van der Waals surface area contributed by atoms with Gasteiger partial charge < -0.3 is 9.88 Å². The Morgan fingerprint density at radius 3 is 3.12 bits per heavy atom. The van der Waals surface area contributed by atoms with E-state index in [0.717, 1.165) is 30.4 Å². The van der Waals surface area contributed by atoms with E-state index >= 15 is 0 Å². The molecule has 2 heterocycles. The standard InChI is InChI=1S/C13H15FN2/c1-16-6-2-3-12-11(8-16)10-7-9(14)4-5-13(10)15-12/h4-5,7,15H,2-3,6,8H2,1H3. The monoisotopic (exact) mass is 218 g/mol. The highest BCUT2D eigenvalue weighted by Gasteiger charge is 2.16. The average Bonchev–Trinajstić information content (AvgIpc) is 2.47. The van der Waals surface area contributed by atoms with Crippen molar-refractivity contribution in [3.63, 3.8) is 0 Å². The molecule has 0 saturated heterocycles. The molecular formula is C13H15FN2. The van der Waals surface area contributed by atoms with E-state index in [4.69, 9.17) is 0 Å². The molecule has 1 aromatic heterocycles. The first-order valence-corrected chi connectivity index (χ1v) is 5.71. The number of nitrogens with one attached hydrogen (secondary N) is 1. The van der Waals surface area contributed by atoms with E-state index in [9.17, 15) is 4.39 Å². The highest BCUT2D eigenvalue weighted by molar-refractivity contribution is 5.84. The van der Waals surface area contributed by atoms with Crippen molar-refractivity contribution in [3.05, 3.63) is 35.3 Å². The molecule has 1 aromatic carbocycles. The number of nitrogens with zero attached hydrogens (tertiary/aromatic N) is 1. The van der Waals surface area contributed by atoms with Gasteiger partial charge in [0.1, 0.15) is 5.82 Å². The van der Waals surface area contributed by atoms with Crippen molar-refractivity contribution in [2.45, 2.75) is 19.4 Å². The van der Waals surface area contributed by atoms with Crippen molar-refractivity contribution in [3.8, 4) is 0 Å². The normalized spacial score (nSPS) is 17.4. The number of halogens is 1. The van der Waals surface area contributed by atoms with Crippen LogP contribution in [0.3, 0.4) is 0 Å². The number of aromatic nitrogens is 1. The summed E-state index contributed by atoms with van der Waals surface area (Å²) in [7, 11) is 2.12. The molecule has 2 nitrogen and oxygen atoms in total. The van der Waals surface area contributed by atoms with Gasteiger partial charge in [-0.05, 0) is 50.2 Å². The predicted molar refractivity (Wildman–Crippen MR) is 62.9 cm³/mol. The molecule has 0 spiro atoms. The Bertz CT molecular complexity index is 530. The molecule has 0 atom stereocenters. The summed E-state index contributed by atoms with van der Waals surface area (Å²) in [4.78, 5) is 5.71. The van der Waals surface area contributed by atoms with E-state index in [0.29, 0.717) is 0 Å². The third kappa shape index (κ3) is 1.52. The fraction of sp³-hybridized carbons (Fsp3) is 0.385. The minimum absolute atomic E-state index is 0.152. The van der Waals surface area contributed by atoms with E-state index in [1.54, 1.807) is 6.07 Å². The zero-order chi connectivity index (χ0) is 11.1. The maximum atomic E-state index is 13.3. The zero-order valence-corrected chi connectivity index (χ0v) is 9.39. The van der Waals surface area contributed by atoms with Crippen molar-refractivity contribution in [2.75, 3.05) is 13.6 Å². The molecule has 2 aromatic rings. The molecule has 0 saturated carbocycles. The number of aromatic amines is 1. The second kappa shape index (κ2) is 3.59. The van der Waals surface area contributed by atoms with Gasteiger partial charge in [-0.25, -0.2) is 4.39 Å². The summed E-state index contributed by atoms with van der Waals surface area (Å²) in [5, 5.41) is 1.05. The number of hydrogen-bond acceptors (Lipinski definition) is 1. The third-order valence-corrected chi connectivity index (χ3v) is 3.35. The van der Waals surface area contributed by atoms with Crippen LogP contribution in [0.5, 0.6) is 0 Å². The van der Waals surface area contributed by atoms with Gasteiger partial charge in [0.05, 0.1) is 0 Å². The minimum atomic E-state index is -0.152. The number of H-pyrrole nitrogens is 1. The molecule has 1 N–H and O–H groups in total. The van der Waals surface area contributed by atoms with Crippen molar-refractivity contribution in [1.82, 2.24) is 9.88 Å². The van der Waals surface area contributed by atoms with Gasteiger partial charge in [0.2, 0.25) is 0 Å². The van der Waals surface area contributed by atoms with Crippen LogP contribution in [0.4, 0.5) is 4.39 Å². The van der Waals surface area contributed by atoms with Gasteiger partial charge in [0.15, 0.2) is 0 Å². The average molecular weight is 218 g/mol. The van der Waals surface area contributed by atoms with Gasteiger partial charge in [0.25, 0.3) is 0 Å². The van der Waals surface area contributed by atoms with E-state index < -0.39 is 0 Å². The maximum absolute atomic E-state index is 13.3. The number of benzene rings is 1. The van der Waals surface area contributed by atoms with Crippen molar-refractivity contribution < 1.29 is 4.39 Å². The van der Waals surface area contributed by atoms with E-state index in [-0.39, 0.29) is 5.82 Å². The topological polar surface area (TPSA) is 19.0 Å². The van der Waals surface area contributed by atoms with E-state index in [2.05, 4.69) is 16.9 Å². The molecule has 0 bridgehead atoms. The Hall–Kier alpha value is -1.35. The second-order valence-electron chi connectivity index (χ2n) is 4.61. The Morgan fingerprint density at radius 1 is 1.38 bits per heavy atom. The molecule has 1 aliphatic rings. The number of hydrogen-bond donors (Lipinski definition) is 1. The highest BCUT2D eigenvalue weighted by atomic mass is 19.1. The van der Waals surface area contributed by atoms with E-state index in [1.165, 1.54) is 23.7 Å². The molecule has 0 radical (unpaired) electrons. The smallest absolute Gasteiger partial charge is 0.123 e. The molecule has 0 unspecified atom stereocenters. The summed E-state index contributed by atoms with van der Waals surface area (Å²) in [6.07, 6.45) is 2.23. The first kappa shape index (κ1) is 9.85. The maximum Gasteiger partial charge on any atom is 0.123 e. The zero-order valence-electron chi connectivity index (χ0n) is 9.39. The molecule has 84 valence electrons. The van der Waals surface area contributed by atoms with Crippen molar-refractivity contribution in [1.29, 1.82) is 0 Å². The number of aryl methyl sites for hydroxylation is 1. The molecular weight excluding hydrogens is 203 g/mol. The summed E-state index contributed by atoms with van der Waals surface area (Å²) >= 11 is 0. The van der Waals surface area contributed by atoms with E-state index in [1.807, 2.05) is 6.07 Å². The Balaban J connectivity index is 2.21. The van der Waals surface area contributed by atoms with Gasteiger partial charge in [-0.2, -0.15) is 0 Å². The highest BCUT2D eigenvalue weighted by Crippen LogP contribution is 2.27. The summed E-state index contributed by atoms with van der Waals surface area (Å²) in [6.45, 7) is 2.03. The molecule has 0 amide bonds. The Kier molecular flexibility index (Phi) is 2.21. The van der Waals surface area contributed by atoms with Gasteiger partial charge >= 0.3 is 0 Å². The summed E-state index contributed by atoms with van der Waals surface area (Å²) < 4.78 is 13.3. The largest absolute Gasteiger partial charge is 0.358 e. The van der Waals surface area contributed by atoms with Crippen molar-refractivity contribution in [2.24, 2.45) is 0 Å². The van der Waals surface area contributed by atoms with Crippen LogP contribution in [0, 0.1) is 5.82 Å². The second-order valence-corrected chi connectivity index (χ2v) is 4.61. The van der Waals surface area contributed by atoms with Gasteiger partial charge in [-0.3, -0.25) is 0 Å². The molecule has 3 heteroatoms. The van der Waals surface area contributed by atoms with Gasteiger partial charge in [-0.15, -0.1) is 0 Å². The molecule has 0 fully saturated rings. The first-order chi connectivity index (χ1) is 7.74. The summed E-state index contributed by atoms with van der Waals surface area (Å²) in [5.41, 5.74) is 3.61. The Morgan fingerprint density at radius 2 is 2.25 bits per heavy atom. The van der Waals surface area contributed by atoms with Crippen molar-refractivity contribution >= 4 is 10.9 Å². The fourth-order valence-corrected chi connectivity index (χ4v) is 2.54. The third-order valence-electron chi connectivity index (χ3n) is 3.35. The van der Waals surface area contributed by atoms with Crippen LogP contribution in [-0.4, -0.2) is 23.5 Å². The SMILES string of the molecule is CN1CCCc2[nH]c3ccc(F)cc3c2C1. The number of rotatable bonds is 0. The quantitative estimate of drug-likeness (QED) is 0.720. The number of fused-ring (bicyclic) bond motifs is 3. The first-order valence-electron chi connectivity index (χ1n) is 5.71. The van der Waals surface area contributed by atoms with Gasteiger partial charge in [-0.1, -0.05) is 0 Å². The fourth-order valence-electron chi connectivity index (χ4n) is 2.54. The van der Waals surface area contributed by atoms with Crippen LogP contribution in [0.1, 0.15) is 17.7 Å². The van der Waals surface area contributed by atoms with Crippen LogP contribution in [-0.2, 0) is 13.0 Å². The lowest BCUT2D eigenvalue weighted by molar-refractivity contribution is 0.333. The lowest BCUT2D eigenvalue weighted by Crippen LogP contribution is -2.17. The van der Waals surface area contributed by atoms with Crippen LogP contribution in [0.25, 0.3) is 10.9 Å². The van der Waals surface area contributed by atoms with Crippen LogP contribution < -0.4 is 0 Å². The van der Waals surface area contributed by atoms with Crippen LogP contribution in [0.15, 0.2) is 18.2 Å². The Labute approximate surface area is 94.1 Å². The van der Waals surface area contributed by atoms with Gasteiger partial charge in [0, 0.05) is 23.1 Å². The lowest BCUT2D eigenvalue weighted by atomic mass is 10.1. The summed E-state index contributed by atoms with van der Waals surface area (Å²) in [6, 6.07) is 4.99. The van der Waals surface area contributed by atoms with Crippen LogP contribution >= 0.6 is 0 Å². The predicted octanol–water partition coefficient (Wildman–Crippen LogP) is 2.69. The molecule has 16 heavy (non-hydrogen) atoms. The molecule has 3 rings (SSSR count). The minimum Gasteiger partial charge on any atom is -0.358 e. The van der Waals surface area contributed by atoms with Crippen LogP contribution in [0.2, 0.25) is 0 Å². The summed E-state index contributed by atoms with van der Waals surface area (Å²) in [5.74, 6) is -0.152.